The van der Waals surface area contributed by atoms with Crippen molar-refractivity contribution in [3.8, 4) is 22.4 Å². The molecule has 0 amide bonds. The van der Waals surface area contributed by atoms with E-state index in [1.54, 1.807) is 0 Å². The smallest absolute Gasteiger partial charge is 0.300 e. The lowest BCUT2D eigenvalue weighted by molar-refractivity contribution is -0.134. The molecule has 0 aliphatic carbocycles. The number of aromatic amines is 1. The average molecular weight is 517 g/mol. The van der Waals surface area contributed by atoms with Gasteiger partial charge < -0.3 is 20.4 Å². The van der Waals surface area contributed by atoms with Crippen molar-refractivity contribution in [1.82, 2.24) is 14.5 Å². The number of nitrogens with two attached hydrogens (primary N) is 1. The van der Waals surface area contributed by atoms with Crippen LogP contribution in [0.25, 0.3) is 44.3 Å². The van der Waals surface area contributed by atoms with E-state index in [0.717, 1.165) is 56.7 Å². The topological polar surface area (TPSA) is 114 Å². The minimum absolute atomic E-state index is 0.198. The van der Waals surface area contributed by atoms with Gasteiger partial charge in [-0.15, -0.1) is 0 Å². The van der Waals surface area contributed by atoms with Crippen molar-refractivity contribution < 1.29 is 9.90 Å². The predicted octanol–water partition coefficient (Wildman–Crippen LogP) is 5.81. The number of nitrogens with zero attached hydrogens (tertiary/aromatic N) is 2. The Bertz CT molecular complexity index is 1830. The number of hydrogen-bond donors (Lipinski definition) is 3. The molecule has 4 N–H and O–H groups in total. The van der Waals surface area contributed by atoms with Gasteiger partial charge in [0.05, 0.1) is 11.0 Å². The molecule has 0 spiro atoms. The maximum Gasteiger partial charge on any atom is 0.300 e. The zero-order chi connectivity index (χ0) is 27.4. The van der Waals surface area contributed by atoms with Gasteiger partial charge in [-0.25, -0.2) is 4.98 Å². The molecule has 194 valence electrons. The number of rotatable bonds is 5. The Balaban J connectivity index is 0.000000723. The van der Waals surface area contributed by atoms with Gasteiger partial charge >= 0.3 is 0 Å². The normalized spacial score (nSPS) is 10.8. The minimum atomic E-state index is -0.833. The summed E-state index contributed by atoms with van der Waals surface area (Å²) in [7, 11) is 0. The fraction of sp³-hybridized carbons (Fsp3) is 0.0938. The zero-order valence-corrected chi connectivity index (χ0v) is 21.5. The molecule has 4 aromatic carbocycles. The van der Waals surface area contributed by atoms with Gasteiger partial charge in [0.1, 0.15) is 5.69 Å². The first kappa shape index (κ1) is 25.6. The van der Waals surface area contributed by atoms with Crippen molar-refractivity contribution in [2.75, 3.05) is 0 Å². The van der Waals surface area contributed by atoms with E-state index < -0.39 is 5.97 Å². The third-order valence-electron chi connectivity index (χ3n) is 6.42. The number of carboxylic acids is 1. The standard InChI is InChI=1S/C30H24N4O.C2H4O2/c31-17-20-7-6-8-21(15-20)18-34-19-25(24-11-4-5-12-28(24)34)29-30(35)33-27-16-23(13-14-26(27)32-29)22-9-2-1-3-10-22;1-2(3)4/h1-16,19H,17-18,31H2,(H,33,35);1H3,(H,3,4). The Morgan fingerprint density at radius 3 is 2.38 bits per heavy atom. The number of carboxylic acid groups (broad SMARTS) is 1. The van der Waals surface area contributed by atoms with Gasteiger partial charge in [-0.3, -0.25) is 9.59 Å². The summed E-state index contributed by atoms with van der Waals surface area (Å²) in [6, 6.07) is 32.5. The number of benzene rings is 4. The molecule has 2 heterocycles. The molecule has 0 bridgehead atoms. The van der Waals surface area contributed by atoms with E-state index in [0.29, 0.717) is 18.8 Å². The number of carbonyl (C=O) groups is 1. The summed E-state index contributed by atoms with van der Waals surface area (Å²) in [6.45, 7) is 2.27. The Kier molecular flexibility index (Phi) is 7.34. The van der Waals surface area contributed by atoms with Crippen molar-refractivity contribution >= 4 is 27.9 Å². The number of aliphatic carboxylic acids is 1. The van der Waals surface area contributed by atoms with Crippen LogP contribution in [0.1, 0.15) is 18.1 Å². The van der Waals surface area contributed by atoms with E-state index in [9.17, 15) is 4.79 Å². The Hall–Kier alpha value is -5.01. The summed E-state index contributed by atoms with van der Waals surface area (Å²) in [5.74, 6) is -0.833. The number of aromatic nitrogens is 3. The lowest BCUT2D eigenvalue weighted by atomic mass is 10.0. The molecular weight excluding hydrogens is 488 g/mol. The van der Waals surface area contributed by atoms with E-state index in [4.69, 9.17) is 20.6 Å². The van der Waals surface area contributed by atoms with Crippen molar-refractivity contribution in [3.05, 3.63) is 125 Å². The molecule has 7 heteroatoms. The lowest BCUT2D eigenvalue weighted by Crippen LogP contribution is -2.11. The van der Waals surface area contributed by atoms with Gasteiger partial charge in [-0.2, -0.15) is 0 Å². The summed E-state index contributed by atoms with van der Waals surface area (Å²) < 4.78 is 2.17. The molecule has 0 aliphatic heterocycles. The van der Waals surface area contributed by atoms with Crippen LogP contribution in [0.3, 0.4) is 0 Å². The van der Waals surface area contributed by atoms with E-state index in [1.807, 2.05) is 72.9 Å². The van der Waals surface area contributed by atoms with Crippen LogP contribution in [0.4, 0.5) is 0 Å². The molecule has 7 nitrogen and oxygen atoms in total. The second-order valence-corrected chi connectivity index (χ2v) is 9.24. The third-order valence-corrected chi connectivity index (χ3v) is 6.42. The molecule has 0 fully saturated rings. The van der Waals surface area contributed by atoms with Crippen molar-refractivity contribution in [3.63, 3.8) is 0 Å². The van der Waals surface area contributed by atoms with E-state index in [1.165, 1.54) is 0 Å². The third kappa shape index (κ3) is 5.63. The van der Waals surface area contributed by atoms with Crippen LogP contribution in [-0.2, 0) is 17.9 Å². The maximum absolute atomic E-state index is 13.2. The Morgan fingerprint density at radius 1 is 0.897 bits per heavy atom. The number of H-pyrrole nitrogens is 1. The van der Waals surface area contributed by atoms with E-state index in [2.05, 4.69) is 39.9 Å². The first-order valence-electron chi connectivity index (χ1n) is 12.6. The molecule has 6 rings (SSSR count). The number of para-hydroxylation sites is 1. The SMILES string of the molecule is CC(=O)O.NCc1cccc(Cn2cc(-c3nc4ccc(-c5ccccc5)cc4[nH]c3=O)c3ccccc32)c1. The molecular formula is C32H28N4O3. The van der Waals surface area contributed by atoms with Crippen molar-refractivity contribution in [2.24, 2.45) is 5.73 Å². The molecule has 0 saturated carbocycles. The van der Waals surface area contributed by atoms with Crippen LogP contribution in [0.5, 0.6) is 0 Å². The fourth-order valence-corrected chi connectivity index (χ4v) is 4.70. The van der Waals surface area contributed by atoms with Crippen molar-refractivity contribution in [2.45, 2.75) is 20.0 Å². The van der Waals surface area contributed by atoms with E-state index in [-0.39, 0.29) is 5.56 Å². The second-order valence-electron chi connectivity index (χ2n) is 9.24. The number of fused-ring (bicyclic) bond motifs is 2. The largest absolute Gasteiger partial charge is 0.481 e. The van der Waals surface area contributed by atoms with Crippen LogP contribution in [-0.4, -0.2) is 25.6 Å². The van der Waals surface area contributed by atoms with Crippen LogP contribution >= 0.6 is 0 Å². The molecule has 0 atom stereocenters. The summed E-state index contributed by atoms with van der Waals surface area (Å²) in [5.41, 5.74) is 13.8. The van der Waals surface area contributed by atoms with Crippen LogP contribution in [0.15, 0.2) is 108 Å². The molecule has 0 aliphatic rings. The quantitative estimate of drug-likeness (QED) is 0.268. The Morgan fingerprint density at radius 2 is 1.62 bits per heavy atom. The van der Waals surface area contributed by atoms with Gasteiger partial charge in [0.25, 0.3) is 11.5 Å². The van der Waals surface area contributed by atoms with Gasteiger partial charge in [0.2, 0.25) is 0 Å². The zero-order valence-electron chi connectivity index (χ0n) is 21.5. The molecule has 2 aromatic heterocycles. The van der Waals surface area contributed by atoms with Gasteiger partial charge in [-0.1, -0.05) is 78.9 Å². The summed E-state index contributed by atoms with van der Waals surface area (Å²) >= 11 is 0. The van der Waals surface area contributed by atoms with Crippen LogP contribution < -0.4 is 11.3 Å². The minimum Gasteiger partial charge on any atom is -0.481 e. The second kappa shape index (κ2) is 11.2. The van der Waals surface area contributed by atoms with E-state index >= 15 is 0 Å². The van der Waals surface area contributed by atoms with Crippen LogP contribution in [0, 0.1) is 0 Å². The summed E-state index contributed by atoms with van der Waals surface area (Å²) in [6.07, 6.45) is 2.03. The molecule has 39 heavy (non-hydrogen) atoms. The first-order chi connectivity index (χ1) is 18.9. The lowest BCUT2D eigenvalue weighted by Gasteiger charge is -2.07. The van der Waals surface area contributed by atoms with Crippen molar-refractivity contribution in [1.29, 1.82) is 0 Å². The van der Waals surface area contributed by atoms with Gasteiger partial charge in [0.15, 0.2) is 0 Å². The van der Waals surface area contributed by atoms with Crippen LogP contribution in [0.2, 0.25) is 0 Å². The average Bonchev–Trinajstić information content (AvgIpc) is 3.30. The first-order valence-corrected chi connectivity index (χ1v) is 12.6. The highest BCUT2D eigenvalue weighted by Gasteiger charge is 2.16. The number of hydrogen-bond acceptors (Lipinski definition) is 4. The highest BCUT2D eigenvalue weighted by Crippen LogP contribution is 2.30. The molecule has 0 saturated heterocycles. The highest BCUT2D eigenvalue weighted by molar-refractivity contribution is 5.96. The fourth-order valence-electron chi connectivity index (χ4n) is 4.70. The molecule has 0 radical (unpaired) electrons. The Labute approximate surface area is 225 Å². The predicted molar refractivity (Wildman–Crippen MR) is 155 cm³/mol. The summed E-state index contributed by atoms with van der Waals surface area (Å²) in [5, 5.41) is 8.42. The maximum atomic E-state index is 13.2. The highest BCUT2D eigenvalue weighted by atomic mass is 16.4. The van der Waals surface area contributed by atoms with Gasteiger partial charge in [0, 0.05) is 42.7 Å². The summed E-state index contributed by atoms with van der Waals surface area (Å²) in [4.78, 5) is 30.1. The molecule has 0 unspecified atom stereocenters. The molecule has 6 aromatic rings. The monoisotopic (exact) mass is 516 g/mol. The van der Waals surface area contributed by atoms with Gasteiger partial charge in [-0.05, 0) is 40.5 Å². The number of nitrogens with one attached hydrogen (secondary N) is 1.